The van der Waals surface area contributed by atoms with E-state index in [1.54, 1.807) is 0 Å². The van der Waals surface area contributed by atoms with Gasteiger partial charge in [0, 0.05) is 11.2 Å². The molecule has 1 amide bonds. The molecule has 2 N–H and O–H groups in total. The van der Waals surface area contributed by atoms with Gasteiger partial charge in [0.05, 0.1) is 0 Å². The highest BCUT2D eigenvalue weighted by atomic mass is 16.2. The van der Waals surface area contributed by atoms with Crippen molar-refractivity contribution in [3.05, 3.63) is 29.3 Å². The third-order valence-corrected chi connectivity index (χ3v) is 3.49. The molecule has 0 heterocycles. The Kier molecular flexibility index (Phi) is 4.98. The average molecular weight is 262 g/mol. The van der Waals surface area contributed by atoms with Gasteiger partial charge in [0.1, 0.15) is 6.04 Å². The summed E-state index contributed by atoms with van der Waals surface area (Å²) >= 11 is 0. The molecule has 0 radical (unpaired) electrons. The van der Waals surface area contributed by atoms with Gasteiger partial charge in [0.25, 0.3) is 0 Å². The van der Waals surface area contributed by atoms with E-state index in [0.29, 0.717) is 0 Å². The zero-order valence-electron chi connectivity index (χ0n) is 12.9. The van der Waals surface area contributed by atoms with Crippen LogP contribution in [-0.2, 0) is 4.79 Å². The van der Waals surface area contributed by atoms with E-state index < -0.39 is 0 Å². The fourth-order valence-electron chi connectivity index (χ4n) is 1.80. The van der Waals surface area contributed by atoms with Gasteiger partial charge in [-0.1, -0.05) is 24.6 Å². The highest BCUT2D eigenvalue weighted by Crippen LogP contribution is 2.17. The van der Waals surface area contributed by atoms with E-state index in [4.69, 9.17) is 0 Å². The Morgan fingerprint density at radius 1 is 1.32 bits per heavy atom. The van der Waals surface area contributed by atoms with E-state index in [-0.39, 0.29) is 17.5 Å². The van der Waals surface area contributed by atoms with E-state index in [0.717, 1.165) is 17.7 Å². The van der Waals surface area contributed by atoms with Crippen LogP contribution in [0.4, 0.5) is 5.69 Å². The number of amides is 1. The largest absolute Gasteiger partial charge is 0.374 e. The van der Waals surface area contributed by atoms with Crippen molar-refractivity contribution in [3.63, 3.8) is 0 Å². The molecule has 1 aromatic carbocycles. The lowest BCUT2D eigenvalue weighted by Crippen LogP contribution is -2.48. The summed E-state index contributed by atoms with van der Waals surface area (Å²) in [6.45, 7) is 12.2. The number of benzene rings is 1. The molecule has 1 unspecified atom stereocenters. The second kappa shape index (κ2) is 6.09. The van der Waals surface area contributed by atoms with Gasteiger partial charge < -0.3 is 10.6 Å². The Hall–Kier alpha value is -1.51. The molecule has 0 bridgehead atoms. The SMILES string of the molecule is CCC(C)(C)NC(=O)C(C)Nc1ccc(C)cc1C. The van der Waals surface area contributed by atoms with E-state index in [1.165, 1.54) is 5.56 Å². The minimum Gasteiger partial charge on any atom is -0.374 e. The van der Waals surface area contributed by atoms with Crippen molar-refractivity contribution in [2.24, 2.45) is 0 Å². The number of hydrogen-bond donors (Lipinski definition) is 2. The minimum absolute atomic E-state index is 0.0341. The topological polar surface area (TPSA) is 41.1 Å². The molecule has 0 spiro atoms. The number of hydrogen-bond acceptors (Lipinski definition) is 2. The maximum atomic E-state index is 12.1. The summed E-state index contributed by atoms with van der Waals surface area (Å²) in [4.78, 5) is 12.1. The fourth-order valence-corrected chi connectivity index (χ4v) is 1.80. The van der Waals surface area contributed by atoms with Crippen LogP contribution in [0.5, 0.6) is 0 Å². The van der Waals surface area contributed by atoms with Gasteiger partial charge in [0.2, 0.25) is 5.91 Å². The third kappa shape index (κ3) is 4.58. The Bertz CT molecular complexity index is 452. The summed E-state index contributed by atoms with van der Waals surface area (Å²) in [5.74, 6) is 0.0341. The summed E-state index contributed by atoms with van der Waals surface area (Å²) in [5, 5.41) is 6.33. The number of carbonyl (C=O) groups excluding carboxylic acids is 1. The highest BCUT2D eigenvalue weighted by Gasteiger charge is 2.21. The lowest BCUT2D eigenvalue weighted by molar-refractivity contribution is -0.123. The van der Waals surface area contributed by atoms with Crippen molar-refractivity contribution in [1.29, 1.82) is 0 Å². The monoisotopic (exact) mass is 262 g/mol. The van der Waals surface area contributed by atoms with Crippen LogP contribution in [0.25, 0.3) is 0 Å². The molecular formula is C16H26N2O. The number of aryl methyl sites for hydroxylation is 2. The van der Waals surface area contributed by atoms with Crippen LogP contribution >= 0.6 is 0 Å². The van der Waals surface area contributed by atoms with Crippen LogP contribution in [-0.4, -0.2) is 17.5 Å². The second-order valence-corrected chi connectivity index (χ2v) is 5.91. The summed E-state index contributed by atoms with van der Waals surface area (Å²) < 4.78 is 0. The molecule has 1 atom stereocenters. The first kappa shape index (κ1) is 15.5. The molecule has 0 saturated carbocycles. The smallest absolute Gasteiger partial charge is 0.242 e. The van der Waals surface area contributed by atoms with Gasteiger partial charge in [-0.05, 0) is 52.7 Å². The Morgan fingerprint density at radius 2 is 1.95 bits per heavy atom. The maximum Gasteiger partial charge on any atom is 0.242 e. The van der Waals surface area contributed by atoms with Gasteiger partial charge in [-0.3, -0.25) is 4.79 Å². The molecule has 106 valence electrons. The molecule has 19 heavy (non-hydrogen) atoms. The van der Waals surface area contributed by atoms with Crippen LogP contribution in [0, 0.1) is 13.8 Å². The van der Waals surface area contributed by atoms with E-state index in [9.17, 15) is 4.79 Å². The van der Waals surface area contributed by atoms with E-state index >= 15 is 0 Å². The van der Waals surface area contributed by atoms with Crippen molar-refractivity contribution in [2.45, 2.75) is 59.5 Å². The first-order valence-corrected chi connectivity index (χ1v) is 6.91. The molecule has 0 aliphatic heterocycles. The fraction of sp³-hybridized carbons (Fsp3) is 0.562. The number of carbonyl (C=O) groups is 1. The molecule has 3 nitrogen and oxygen atoms in total. The minimum atomic E-state index is -0.243. The summed E-state index contributed by atoms with van der Waals surface area (Å²) in [6.07, 6.45) is 0.912. The average Bonchev–Trinajstić information content (AvgIpc) is 2.32. The predicted octanol–water partition coefficient (Wildman–Crippen LogP) is 3.41. The molecule has 3 heteroatoms. The summed E-state index contributed by atoms with van der Waals surface area (Å²) in [7, 11) is 0. The first-order chi connectivity index (χ1) is 8.75. The molecule has 0 aromatic heterocycles. The van der Waals surface area contributed by atoms with Crippen molar-refractivity contribution in [1.82, 2.24) is 5.32 Å². The molecular weight excluding hydrogens is 236 g/mol. The van der Waals surface area contributed by atoms with Gasteiger partial charge in [-0.25, -0.2) is 0 Å². The zero-order chi connectivity index (χ0) is 14.6. The Balaban J connectivity index is 2.69. The van der Waals surface area contributed by atoms with Crippen LogP contribution < -0.4 is 10.6 Å². The number of nitrogens with one attached hydrogen (secondary N) is 2. The van der Waals surface area contributed by atoms with Crippen LogP contribution in [0.15, 0.2) is 18.2 Å². The number of anilines is 1. The lowest BCUT2D eigenvalue weighted by Gasteiger charge is -2.27. The van der Waals surface area contributed by atoms with Crippen LogP contribution in [0.3, 0.4) is 0 Å². The summed E-state index contributed by atoms with van der Waals surface area (Å²) in [5.41, 5.74) is 3.25. The van der Waals surface area contributed by atoms with Crippen molar-refractivity contribution < 1.29 is 4.79 Å². The van der Waals surface area contributed by atoms with Gasteiger partial charge >= 0.3 is 0 Å². The molecule has 0 fully saturated rings. The zero-order valence-corrected chi connectivity index (χ0v) is 12.9. The first-order valence-electron chi connectivity index (χ1n) is 6.91. The molecule has 0 aliphatic carbocycles. The highest BCUT2D eigenvalue weighted by molar-refractivity contribution is 5.85. The van der Waals surface area contributed by atoms with Crippen molar-refractivity contribution >= 4 is 11.6 Å². The standard InChI is InChI=1S/C16H26N2O/c1-7-16(5,6)18-15(19)13(4)17-14-9-8-11(2)10-12(14)3/h8-10,13,17H,7H2,1-6H3,(H,18,19). The normalized spacial score (nSPS) is 12.9. The Morgan fingerprint density at radius 3 is 2.47 bits per heavy atom. The van der Waals surface area contributed by atoms with Crippen LogP contribution in [0.2, 0.25) is 0 Å². The van der Waals surface area contributed by atoms with Gasteiger partial charge in [0.15, 0.2) is 0 Å². The molecule has 1 rings (SSSR count). The molecule has 0 saturated heterocycles. The molecule has 1 aromatic rings. The predicted molar refractivity (Wildman–Crippen MR) is 81.5 cm³/mol. The third-order valence-electron chi connectivity index (χ3n) is 3.49. The van der Waals surface area contributed by atoms with Crippen molar-refractivity contribution in [3.8, 4) is 0 Å². The Labute approximate surface area is 116 Å². The second-order valence-electron chi connectivity index (χ2n) is 5.91. The van der Waals surface area contributed by atoms with Crippen LogP contribution in [0.1, 0.15) is 45.2 Å². The lowest BCUT2D eigenvalue weighted by atomic mass is 10.0. The van der Waals surface area contributed by atoms with Gasteiger partial charge in [-0.2, -0.15) is 0 Å². The van der Waals surface area contributed by atoms with Gasteiger partial charge in [-0.15, -0.1) is 0 Å². The van der Waals surface area contributed by atoms with E-state index in [1.807, 2.05) is 26.8 Å². The maximum absolute atomic E-state index is 12.1. The van der Waals surface area contributed by atoms with E-state index in [2.05, 4.69) is 43.5 Å². The molecule has 0 aliphatic rings. The quantitative estimate of drug-likeness (QED) is 0.854. The summed E-state index contributed by atoms with van der Waals surface area (Å²) in [6, 6.07) is 5.95. The van der Waals surface area contributed by atoms with Crippen molar-refractivity contribution in [2.75, 3.05) is 5.32 Å². The number of rotatable bonds is 5.